The molecule has 2 fully saturated rings. The Labute approximate surface area is 325 Å². The van der Waals surface area contributed by atoms with E-state index in [0.29, 0.717) is 11.4 Å². The first-order valence-electron chi connectivity index (χ1n) is 18.8. The van der Waals surface area contributed by atoms with Crippen molar-refractivity contribution in [2.45, 2.75) is 38.5 Å². The number of hydrogen-bond acceptors (Lipinski definition) is 7. The molecule has 12 heteroatoms. The second-order valence-corrected chi connectivity index (χ2v) is 14.9. The van der Waals surface area contributed by atoms with Crippen molar-refractivity contribution in [3.63, 3.8) is 0 Å². The van der Waals surface area contributed by atoms with Gasteiger partial charge in [0.25, 0.3) is 0 Å². The van der Waals surface area contributed by atoms with Gasteiger partial charge in [-0.3, -0.25) is 4.98 Å². The van der Waals surface area contributed by atoms with Crippen LogP contribution in [0.4, 0.5) is 20.2 Å². The van der Waals surface area contributed by atoms with E-state index in [1.54, 1.807) is 46.0 Å². The third kappa shape index (κ3) is 7.02. The summed E-state index contributed by atoms with van der Waals surface area (Å²) < 4.78 is 33.8. The third-order valence-electron chi connectivity index (χ3n) is 10.6. The summed E-state index contributed by atoms with van der Waals surface area (Å²) in [6.07, 6.45) is 19.6. The summed E-state index contributed by atoms with van der Waals surface area (Å²) in [5, 5.41) is 9.82. The van der Waals surface area contributed by atoms with E-state index >= 15 is 0 Å². The predicted molar refractivity (Wildman–Crippen MR) is 217 cm³/mol. The minimum atomic E-state index is -0.186. The summed E-state index contributed by atoms with van der Waals surface area (Å²) in [5.74, 6) is -0.361. The lowest BCUT2D eigenvalue weighted by molar-refractivity contribution is 0.557. The summed E-state index contributed by atoms with van der Waals surface area (Å²) in [6.45, 7) is 3.71. The summed E-state index contributed by atoms with van der Waals surface area (Å²) >= 11 is 3.40. The van der Waals surface area contributed by atoms with Gasteiger partial charge < -0.3 is 9.80 Å². The van der Waals surface area contributed by atoms with E-state index in [0.717, 1.165) is 112 Å². The van der Waals surface area contributed by atoms with Gasteiger partial charge >= 0.3 is 0 Å². The number of hydrogen-bond donors (Lipinski definition) is 0. The lowest BCUT2D eigenvalue weighted by Crippen LogP contribution is -2.30. The summed E-state index contributed by atoms with van der Waals surface area (Å²) in [5.41, 5.74) is 9.10. The second-order valence-electron chi connectivity index (χ2n) is 14.1. The molecule has 0 amide bonds. The molecule has 2 aliphatic rings. The predicted octanol–water partition coefficient (Wildman–Crippen LogP) is 10.0. The van der Waals surface area contributed by atoms with E-state index < -0.39 is 0 Å². The monoisotopic (exact) mass is 797 g/mol. The van der Waals surface area contributed by atoms with Gasteiger partial charge in [-0.25, -0.2) is 27.8 Å². The molecular formula is C43H38BrF2N9. The molecule has 276 valence electrons. The molecule has 2 saturated heterocycles. The number of pyridine rings is 1. The maximum atomic E-state index is 14.9. The SMILES string of the molecule is Fc1cc(-c2cnc3c(-c4cccc5ncccc45)cnn3c2)ccc1N1CCCCC1.Fc1cc(-c2cnc3c(Br)cnn3c2)ccc1N1CCCCC1. The Morgan fingerprint density at radius 1 is 0.527 bits per heavy atom. The zero-order chi connectivity index (χ0) is 37.3. The summed E-state index contributed by atoms with van der Waals surface area (Å²) in [7, 11) is 0. The van der Waals surface area contributed by atoms with Crippen LogP contribution in [0.25, 0.3) is 55.6 Å². The van der Waals surface area contributed by atoms with Crippen LogP contribution in [0.15, 0.2) is 115 Å². The van der Waals surface area contributed by atoms with Gasteiger partial charge in [0, 0.05) is 79.2 Å². The Hall–Kier alpha value is -5.75. The summed E-state index contributed by atoms with van der Waals surface area (Å²) in [4.78, 5) is 17.8. The maximum absolute atomic E-state index is 14.9. The van der Waals surface area contributed by atoms with E-state index in [-0.39, 0.29) is 11.6 Å². The first-order chi connectivity index (χ1) is 27.0. The third-order valence-corrected chi connectivity index (χ3v) is 11.1. The average molecular weight is 799 g/mol. The van der Waals surface area contributed by atoms with E-state index in [9.17, 15) is 8.78 Å². The number of benzene rings is 3. The first kappa shape index (κ1) is 35.0. The van der Waals surface area contributed by atoms with Crippen molar-refractivity contribution in [3.8, 4) is 33.4 Å². The molecule has 7 heterocycles. The van der Waals surface area contributed by atoms with Crippen molar-refractivity contribution < 1.29 is 8.78 Å². The van der Waals surface area contributed by atoms with Crippen LogP contribution in [-0.2, 0) is 0 Å². The highest BCUT2D eigenvalue weighted by Gasteiger charge is 2.18. The molecule has 0 bridgehead atoms. The largest absolute Gasteiger partial charge is 0.369 e. The number of rotatable bonds is 5. The number of aromatic nitrogens is 7. The zero-order valence-corrected chi connectivity index (χ0v) is 31.7. The van der Waals surface area contributed by atoms with E-state index in [1.165, 1.54) is 12.8 Å². The maximum Gasteiger partial charge on any atom is 0.169 e. The molecule has 9 nitrogen and oxygen atoms in total. The number of fused-ring (bicyclic) bond motifs is 3. The normalized spacial score (nSPS) is 14.7. The van der Waals surface area contributed by atoms with Crippen molar-refractivity contribution in [2.75, 3.05) is 36.0 Å². The molecule has 8 aromatic rings. The van der Waals surface area contributed by atoms with E-state index in [1.807, 2.05) is 61.1 Å². The lowest BCUT2D eigenvalue weighted by Gasteiger charge is -2.29. The quantitative estimate of drug-likeness (QED) is 0.172. The molecule has 0 spiro atoms. The number of piperidine rings is 2. The fourth-order valence-corrected chi connectivity index (χ4v) is 8.08. The zero-order valence-electron chi connectivity index (χ0n) is 30.1. The molecule has 0 aliphatic carbocycles. The molecule has 10 rings (SSSR count). The number of halogens is 3. The minimum Gasteiger partial charge on any atom is -0.369 e. The summed E-state index contributed by atoms with van der Waals surface area (Å²) in [6, 6.07) is 20.9. The van der Waals surface area contributed by atoms with Crippen LogP contribution in [0.5, 0.6) is 0 Å². The lowest BCUT2D eigenvalue weighted by atomic mass is 10.0. The highest BCUT2D eigenvalue weighted by atomic mass is 79.9. The highest BCUT2D eigenvalue weighted by molar-refractivity contribution is 9.10. The second kappa shape index (κ2) is 15.2. The Bertz CT molecular complexity index is 2640. The van der Waals surface area contributed by atoms with Crippen LogP contribution in [0, 0.1) is 11.6 Å². The van der Waals surface area contributed by atoms with Crippen LogP contribution in [0.1, 0.15) is 38.5 Å². The average Bonchev–Trinajstić information content (AvgIpc) is 3.84. The molecule has 3 aromatic carbocycles. The van der Waals surface area contributed by atoms with E-state index in [4.69, 9.17) is 0 Å². The molecule has 0 atom stereocenters. The van der Waals surface area contributed by atoms with Crippen molar-refractivity contribution >= 4 is 49.5 Å². The number of anilines is 2. The Morgan fingerprint density at radius 3 is 1.73 bits per heavy atom. The topological polar surface area (TPSA) is 79.7 Å². The van der Waals surface area contributed by atoms with Gasteiger partial charge in [0.05, 0.1) is 33.8 Å². The molecule has 0 N–H and O–H groups in total. The van der Waals surface area contributed by atoms with Crippen LogP contribution in [0.2, 0.25) is 0 Å². The van der Waals surface area contributed by atoms with Crippen LogP contribution < -0.4 is 9.80 Å². The number of nitrogens with zero attached hydrogens (tertiary/aromatic N) is 9. The molecule has 0 saturated carbocycles. The van der Waals surface area contributed by atoms with Gasteiger partial charge in [0.2, 0.25) is 0 Å². The van der Waals surface area contributed by atoms with Gasteiger partial charge in [-0.05, 0) is 108 Å². The standard InChI is InChI=1S/C26H22FN5.C17H16BrFN4/c27-23-14-18(9-10-25(23)31-12-2-1-3-13-31)19-15-29-26-22(16-30-32(26)17-19)20-6-4-8-24-21(20)7-5-11-28-24;18-14-10-21-23-11-13(9-20-17(14)23)12-4-5-16(15(19)8-12)22-6-2-1-3-7-22/h4-11,14-17H,1-3,12-13H2;4-5,8-11H,1-3,6-7H2. The van der Waals surface area contributed by atoms with Gasteiger partial charge in [-0.2, -0.15) is 10.2 Å². The van der Waals surface area contributed by atoms with Crippen LogP contribution in [-0.4, -0.2) is 60.4 Å². The van der Waals surface area contributed by atoms with Gasteiger partial charge in [-0.15, -0.1) is 0 Å². The van der Waals surface area contributed by atoms with Gasteiger partial charge in [-0.1, -0.05) is 30.3 Å². The minimum absolute atomic E-state index is 0.175. The van der Waals surface area contributed by atoms with Crippen LogP contribution in [0.3, 0.4) is 0 Å². The fraction of sp³-hybridized carbons (Fsp3) is 0.233. The molecule has 0 radical (unpaired) electrons. The molecule has 5 aromatic heterocycles. The van der Waals surface area contributed by atoms with Gasteiger partial charge in [0.15, 0.2) is 11.3 Å². The van der Waals surface area contributed by atoms with Crippen LogP contribution >= 0.6 is 15.9 Å². The van der Waals surface area contributed by atoms with Gasteiger partial charge in [0.1, 0.15) is 11.6 Å². The van der Waals surface area contributed by atoms with Crippen molar-refractivity contribution in [2.24, 2.45) is 0 Å². The van der Waals surface area contributed by atoms with Crippen molar-refractivity contribution in [3.05, 3.63) is 126 Å². The smallest absolute Gasteiger partial charge is 0.169 e. The fourth-order valence-electron chi connectivity index (χ4n) is 7.70. The Morgan fingerprint density at radius 2 is 1.11 bits per heavy atom. The molecule has 2 aliphatic heterocycles. The molecular weight excluding hydrogens is 760 g/mol. The Balaban J connectivity index is 0.000000153. The van der Waals surface area contributed by atoms with E-state index in [2.05, 4.69) is 63.0 Å². The highest BCUT2D eigenvalue weighted by Crippen LogP contribution is 2.33. The molecule has 55 heavy (non-hydrogen) atoms. The molecule has 0 unspecified atom stereocenters. The Kier molecular flexibility index (Phi) is 9.65. The first-order valence-corrected chi connectivity index (χ1v) is 19.6. The van der Waals surface area contributed by atoms with Crippen molar-refractivity contribution in [1.82, 2.24) is 34.2 Å². The van der Waals surface area contributed by atoms with Crippen molar-refractivity contribution in [1.29, 1.82) is 0 Å².